The molecule has 150 valence electrons. The second-order valence-corrected chi connectivity index (χ2v) is 8.87. The van der Waals surface area contributed by atoms with Gasteiger partial charge in [-0.15, -0.1) is 13.2 Å². The van der Waals surface area contributed by atoms with Crippen LogP contribution in [0.5, 0.6) is 0 Å². The minimum absolute atomic E-state index is 0.00134. The maximum absolute atomic E-state index is 12.9. The summed E-state index contributed by atoms with van der Waals surface area (Å²) in [5, 5.41) is -0.304. The number of amidine groups is 1. The van der Waals surface area contributed by atoms with Crippen LogP contribution in [0.2, 0.25) is 0 Å². The van der Waals surface area contributed by atoms with Crippen molar-refractivity contribution in [2.75, 3.05) is 6.67 Å². The van der Waals surface area contributed by atoms with Gasteiger partial charge in [-0.05, 0) is 40.5 Å². The molecule has 1 amide bonds. The third-order valence-electron chi connectivity index (χ3n) is 3.85. The van der Waals surface area contributed by atoms with Gasteiger partial charge in [-0.3, -0.25) is 4.79 Å². The smallest absolute Gasteiger partial charge is 0.266 e. The third kappa shape index (κ3) is 4.09. The van der Waals surface area contributed by atoms with Crippen molar-refractivity contribution in [1.29, 1.82) is 0 Å². The van der Waals surface area contributed by atoms with Crippen LogP contribution in [-0.2, 0) is 14.8 Å². The van der Waals surface area contributed by atoms with Crippen LogP contribution in [0.3, 0.4) is 0 Å². The number of hydrogen-bond donors (Lipinski definition) is 2. The maximum Gasteiger partial charge on any atom is 0.488 e. The molecule has 13 heteroatoms. The number of quaternary nitrogens is 1. The summed E-state index contributed by atoms with van der Waals surface area (Å²) in [6.07, 6.45) is -2.91. The molecule has 0 radical (unpaired) electrons. The highest BCUT2D eigenvalue weighted by Crippen LogP contribution is 2.25. The number of nitrogens with zero attached hydrogens (tertiary/aromatic N) is 2. The molecule has 1 unspecified atom stereocenters. The van der Waals surface area contributed by atoms with Crippen LogP contribution in [0.1, 0.15) is 5.56 Å². The first-order chi connectivity index (χ1) is 12.9. The summed E-state index contributed by atoms with van der Waals surface area (Å²) in [5.41, 5.74) is 0.301. The summed E-state index contributed by atoms with van der Waals surface area (Å²) < 4.78 is 65.8. The molecule has 0 saturated carbocycles. The molecule has 7 nitrogen and oxygen atoms in total. The third-order valence-corrected chi connectivity index (χ3v) is 6.45. The molecule has 0 aromatic heterocycles. The van der Waals surface area contributed by atoms with Gasteiger partial charge in [0.25, 0.3) is 21.8 Å². The van der Waals surface area contributed by atoms with Crippen LogP contribution in [0.15, 0.2) is 55.7 Å². The largest absolute Gasteiger partial charge is 0.488 e. The Balaban J connectivity index is 1.84. The number of aliphatic imine (C=N–C) groups is 1. The molecular formula is C15H12BrClF3N4O3S+. The average molecular weight is 501 g/mol. The number of benzene rings is 1. The number of carbonyl (C=O) groups excluding carboxylic acids is 1. The van der Waals surface area contributed by atoms with Gasteiger partial charge in [-0.1, -0.05) is 17.7 Å². The Hall–Kier alpha value is -1.89. The van der Waals surface area contributed by atoms with Crippen LogP contribution in [0.25, 0.3) is 0 Å². The lowest BCUT2D eigenvalue weighted by molar-refractivity contribution is -0.763. The van der Waals surface area contributed by atoms with Crippen molar-refractivity contribution in [2.45, 2.75) is 18.1 Å². The Morgan fingerprint density at radius 2 is 2.07 bits per heavy atom. The normalized spacial score (nSPS) is 19.6. The Bertz CT molecular complexity index is 1050. The number of aryl methyl sites for hydroxylation is 1. The van der Waals surface area contributed by atoms with Crippen molar-refractivity contribution >= 4 is 49.3 Å². The van der Waals surface area contributed by atoms with Gasteiger partial charge < -0.3 is 0 Å². The first-order valence-corrected chi connectivity index (χ1v) is 10.2. The van der Waals surface area contributed by atoms with Crippen LogP contribution >= 0.6 is 27.5 Å². The van der Waals surface area contributed by atoms with Gasteiger partial charge in [0, 0.05) is 10.7 Å². The van der Waals surface area contributed by atoms with Gasteiger partial charge >= 0.3 is 6.30 Å². The number of fused-ring (bicyclic) bond motifs is 1. The molecule has 0 bridgehead atoms. The van der Waals surface area contributed by atoms with Crippen LogP contribution in [0.4, 0.5) is 13.2 Å². The highest BCUT2D eigenvalue weighted by Gasteiger charge is 2.44. The number of carbonyl (C=O) groups is 1. The summed E-state index contributed by atoms with van der Waals surface area (Å²) in [6.45, 7) is 1.09. The van der Waals surface area contributed by atoms with E-state index in [4.69, 9.17) is 11.6 Å². The fourth-order valence-corrected chi connectivity index (χ4v) is 4.83. The highest BCUT2D eigenvalue weighted by atomic mass is 79.9. The maximum atomic E-state index is 12.9. The minimum Gasteiger partial charge on any atom is -0.266 e. The van der Waals surface area contributed by atoms with Crippen molar-refractivity contribution in [3.8, 4) is 0 Å². The molecule has 2 aliphatic rings. The average Bonchev–Trinajstić information content (AvgIpc) is 3.01. The molecule has 28 heavy (non-hydrogen) atoms. The summed E-state index contributed by atoms with van der Waals surface area (Å²) in [4.78, 5) is 16.2. The lowest BCUT2D eigenvalue weighted by Gasteiger charge is -2.28. The summed E-state index contributed by atoms with van der Waals surface area (Å²) >= 11 is 8.94. The van der Waals surface area contributed by atoms with Crippen molar-refractivity contribution in [1.82, 2.24) is 9.62 Å². The monoisotopic (exact) mass is 499 g/mol. The minimum atomic E-state index is -4.65. The zero-order valence-corrected chi connectivity index (χ0v) is 17.2. The predicted molar refractivity (Wildman–Crippen MR) is 97.4 cm³/mol. The van der Waals surface area contributed by atoms with E-state index in [1.165, 1.54) is 12.1 Å². The SMILES string of the molecule is Cc1ccc(Br)c(S(=O)(=O)NC(=O)C2=C[NH+]3CN(C(F)(F)F)C=C(Cl)C3=N2)c1. The van der Waals surface area contributed by atoms with E-state index in [2.05, 4.69) is 20.9 Å². The van der Waals surface area contributed by atoms with Gasteiger partial charge in [0.2, 0.25) is 0 Å². The van der Waals surface area contributed by atoms with E-state index in [9.17, 15) is 26.4 Å². The number of sulfonamides is 1. The van der Waals surface area contributed by atoms with E-state index in [0.717, 1.165) is 6.20 Å². The van der Waals surface area contributed by atoms with Crippen molar-refractivity contribution in [3.05, 3.63) is 51.4 Å². The second-order valence-electron chi connectivity index (χ2n) is 5.96. The molecular weight excluding hydrogens is 489 g/mol. The fraction of sp³-hybridized carbons (Fsp3) is 0.200. The molecule has 0 spiro atoms. The van der Waals surface area contributed by atoms with E-state index >= 15 is 0 Å². The summed E-state index contributed by atoms with van der Waals surface area (Å²) in [5.74, 6) is -1.08. The number of halogens is 5. The van der Waals surface area contributed by atoms with Crippen LogP contribution in [0, 0.1) is 6.92 Å². The van der Waals surface area contributed by atoms with E-state index in [1.807, 2.05) is 4.72 Å². The zero-order valence-electron chi connectivity index (χ0n) is 14.0. The fourth-order valence-electron chi connectivity index (χ4n) is 2.54. The topological polar surface area (TPSA) is 83.3 Å². The van der Waals surface area contributed by atoms with Gasteiger partial charge in [-0.25, -0.2) is 22.9 Å². The molecule has 0 aliphatic carbocycles. The lowest BCUT2D eigenvalue weighted by Crippen LogP contribution is -3.12. The molecule has 2 N–H and O–H groups in total. The van der Waals surface area contributed by atoms with E-state index in [0.29, 0.717) is 11.8 Å². The Morgan fingerprint density at radius 3 is 2.71 bits per heavy atom. The van der Waals surface area contributed by atoms with E-state index < -0.39 is 28.9 Å². The molecule has 2 heterocycles. The van der Waals surface area contributed by atoms with Gasteiger partial charge in [0.15, 0.2) is 12.4 Å². The number of rotatable bonds is 3. The standard InChI is InChI=1S/C15H11BrClF3N4O3S/c1-8-2-3-9(16)12(4-8)28(26,27)22-14(25)11-6-23-7-24(15(18,19)20)5-10(17)13(23)21-11/h2-6H,7H2,1H3,(H,22,25)/p+1. The van der Waals surface area contributed by atoms with Gasteiger partial charge in [0.1, 0.15) is 16.1 Å². The molecule has 3 rings (SSSR count). The van der Waals surface area contributed by atoms with Gasteiger partial charge in [-0.2, -0.15) is 4.99 Å². The molecule has 1 aromatic rings. The Labute approximate surface area is 171 Å². The Morgan fingerprint density at radius 1 is 1.39 bits per heavy atom. The van der Waals surface area contributed by atoms with Crippen molar-refractivity contribution in [2.24, 2.45) is 4.99 Å². The van der Waals surface area contributed by atoms with Crippen molar-refractivity contribution in [3.63, 3.8) is 0 Å². The number of alkyl halides is 3. The quantitative estimate of drug-likeness (QED) is 0.618. The van der Waals surface area contributed by atoms with Crippen LogP contribution in [-0.4, -0.2) is 38.0 Å². The molecule has 0 fully saturated rings. The number of nitrogens with one attached hydrogen (secondary N) is 2. The molecule has 1 aromatic carbocycles. The number of hydrogen-bond acceptors (Lipinski definition) is 5. The molecule has 0 saturated heterocycles. The second kappa shape index (κ2) is 7.17. The summed E-state index contributed by atoms with van der Waals surface area (Å²) in [7, 11) is -4.23. The Kier molecular flexibility index (Phi) is 5.34. The van der Waals surface area contributed by atoms with Gasteiger partial charge in [0.05, 0.1) is 0 Å². The van der Waals surface area contributed by atoms with E-state index in [1.54, 1.807) is 13.0 Å². The number of amides is 1. The van der Waals surface area contributed by atoms with Crippen molar-refractivity contribution < 1.29 is 31.3 Å². The van der Waals surface area contributed by atoms with Crippen LogP contribution < -0.4 is 9.62 Å². The lowest BCUT2D eigenvalue weighted by atomic mass is 10.2. The molecule has 2 aliphatic heterocycles. The molecule has 1 atom stereocenters. The first kappa shape index (κ1) is 20.8. The first-order valence-electron chi connectivity index (χ1n) is 7.59. The predicted octanol–water partition coefficient (Wildman–Crippen LogP) is 1.57. The summed E-state index contributed by atoms with van der Waals surface area (Å²) in [6, 6.07) is 4.56. The van der Waals surface area contributed by atoms with E-state index in [-0.39, 0.29) is 35.7 Å². The highest BCUT2D eigenvalue weighted by molar-refractivity contribution is 9.10. The zero-order chi connectivity index (χ0) is 20.9.